The Morgan fingerprint density at radius 3 is 2.62 bits per heavy atom. The van der Waals surface area contributed by atoms with E-state index in [1.807, 2.05) is 31.2 Å². The SMILES string of the molecule is CCOc1cc(CNc2ncn[nH]2)cc(Cl)c1OCc1ccc(C)cc1. The summed E-state index contributed by atoms with van der Waals surface area (Å²) in [6.07, 6.45) is 1.45. The van der Waals surface area contributed by atoms with Gasteiger partial charge < -0.3 is 14.8 Å². The molecule has 0 aliphatic carbocycles. The highest BCUT2D eigenvalue weighted by molar-refractivity contribution is 6.32. The largest absolute Gasteiger partial charge is 0.490 e. The van der Waals surface area contributed by atoms with Gasteiger partial charge in [-0.05, 0) is 37.1 Å². The van der Waals surface area contributed by atoms with Gasteiger partial charge in [-0.15, -0.1) is 0 Å². The predicted octanol–water partition coefficient (Wildman–Crippen LogP) is 4.36. The molecule has 0 saturated carbocycles. The second-order valence-corrected chi connectivity index (χ2v) is 6.21. The van der Waals surface area contributed by atoms with Gasteiger partial charge in [-0.3, -0.25) is 0 Å². The highest BCUT2D eigenvalue weighted by Gasteiger charge is 2.13. The zero-order chi connectivity index (χ0) is 18.4. The summed E-state index contributed by atoms with van der Waals surface area (Å²) in [6, 6.07) is 12.0. The molecule has 0 spiro atoms. The smallest absolute Gasteiger partial charge is 0.218 e. The van der Waals surface area contributed by atoms with Crippen molar-refractivity contribution >= 4 is 17.5 Å². The van der Waals surface area contributed by atoms with Gasteiger partial charge in [0.2, 0.25) is 5.95 Å². The molecule has 0 saturated heterocycles. The number of halogens is 1. The predicted molar refractivity (Wildman–Crippen MR) is 102 cm³/mol. The molecular weight excluding hydrogens is 352 g/mol. The Morgan fingerprint density at radius 2 is 1.92 bits per heavy atom. The number of aromatic nitrogens is 3. The molecule has 0 radical (unpaired) electrons. The highest BCUT2D eigenvalue weighted by Crippen LogP contribution is 2.37. The zero-order valence-electron chi connectivity index (χ0n) is 14.8. The molecule has 2 aromatic carbocycles. The molecule has 0 aliphatic heterocycles. The summed E-state index contributed by atoms with van der Waals surface area (Å²) >= 11 is 6.45. The second kappa shape index (κ2) is 8.58. The number of H-pyrrole nitrogens is 1. The van der Waals surface area contributed by atoms with Crippen LogP contribution in [0.5, 0.6) is 11.5 Å². The zero-order valence-corrected chi connectivity index (χ0v) is 15.5. The third kappa shape index (κ3) is 4.67. The van der Waals surface area contributed by atoms with E-state index in [4.69, 9.17) is 21.1 Å². The molecule has 2 N–H and O–H groups in total. The standard InChI is InChI=1S/C19H21ClN4O2/c1-3-25-17-9-15(10-21-19-22-12-23-24-19)8-16(20)18(17)26-11-14-6-4-13(2)5-7-14/h4-9,12H,3,10-11H2,1-2H3,(H2,21,22,23,24). The first-order valence-electron chi connectivity index (χ1n) is 8.38. The fourth-order valence-electron chi connectivity index (χ4n) is 2.44. The lowest BCUT2D eigenvalue weighted by Crippen LogP contribution is -2.04. The number of hydrogen-bond donors (Lipinski definition) is 2. The first-order valence-corrected chi connectivity index (χ1v) is 8.76. The van der Waals surface area contributed by atoms with Crippen LogP contribution in [0.25, 0.3) is 0 Å². The summed E-state index contributed by atoms with van der Waals surface area (Å²) in [7, 11) is 0. The van der Waals surface area contributed by atoms with Gasteiger partial charge in [-0.2, -0.15) is 5.10 Å². The minimum Gasteiger partial charge on any atom is -0.490 e. The molecule has 0 unspecified atom stereocenters. The van der Waals surface area contributed by atoms with E-state index < -0.39 is 0 Å². The Labute approximate surface area is 157 Å². The van der Waals surface area contributed by atoms with Crippen LogP contribution in [0.1, 0.15) is 23.6 Å². The maximum atomic E-state index is 6.45. The first kappa shape index (κ1) is 18.1. The third-order valence-electron chi connectivity index (χ3n) is 3.75. The molecule has 1 aromatic heterocycles. The fourth-order valence-corrected chi connectivity index (χ4v) is 2.73. The number of nitrogens with zero attached hydrogens (tertiary/aromatic N) is 2. The third-order valence-corrected chi connectivity index (χ3v) is 4.03. The lowest BCUT2D eigenvalue weighted by Gasteiger charge is -2.15. The van der Waals surface area contributed by atoms with Crippen molar-refractivity contribution in [3.8, 4) is 11.5 Å². The van der Waals surface area contributed by atoms with Crippen LogP contribution in [-0.2, 0) is 13.2 Å². The number of aromatic amines is 1. The van der Waals surface area contributed by atoms with Gasteiger partial charge in [0.15, 0.2) is 11.5 Å². The van der Waals surface area contributed by atoms with Gasteiger partial charge in [0, 0.05) is 6.54 Å². The van der Waals surface area contributed by atoms with E-state index in [9.17, 15) is 0 Å². The number of ether oxygens (including phenoxy) is 2. The van der Waals surface area contributed by atoms with E-state index in [1.54, 1.807) is 0 Å². The Kier molecular flexibility index (Phi) is 5.96. The normalized spacial score (nSPS) is 10.6. The molecule has 0 aliphatic rings. The maximum absolute atomic E-state index is 6.45. The van der Waals surface area contributed by atoms with Crippen LogP contribution in [-0.4, -0.2) is 21.8 Å². The summed E-state index contributed by atoms with van der Waals surface area (Å²) in [5, 5.41) is 10.2. The molecule has 26 heavy (non-hydrogen) atoms. The van der Waals surface area contributed by atoms with Crippen LogP contribution < -0.4 is 14.8 Å². The van der Waals surface area contributed by atoms with E-state index >= 15 is 0 Å². The Morgan fingerprint density at radius 1 is 1.12 bits per heavy atom. The Balaban J connectivity index is 1.74. The van der Waals surface area contributed by atoms with Gasteiger partial charge in [0.05, 0.1) is 11.6 Å². The van der Waals surface area contributed by atoms with Crippen molar-refractivity contribution in [3.63, 3.8) is 0 Å². The topological polar surface area (TPSA) is 72.1 Å². The van der Waals surface area contributed by atoms with E-state index in [2.05, 4.69) is 39.6 Å². The van der Waals surface area contributed by atoms with Gasteiger partial charge in [-0.1, -0.05) is 41.4 Å². The minimum absolute atomic E-state index is 0.426. The van der Waals surface area contributed by atoms with Crippen LogP contribution in [0.2, 0.25) is 5.02 Å². The number of anilines is 1. The van der Waals surface area contributed by atoms with Crippen molar-refractivity contribution in [3.05, 3.63) is 64.4 Å². The van der Waals surface area contributed by atoms with Crippen molar-refractivity contribution in [1.82, 2.24) is 15.2 Å². The lowest BCUT2D eigenvalue weighted by molar-refractivity contribution is 0.269. The number of nitrogens with one attached hydrogen (secondary N) is 2. The molecular formula is C19H21ClN4O2. The summed E-state index contributed by atoms with van der Waals surface area (Å²) in [4.78, 5) is 4.03. The number of hydrogen-bond acceptors (Lipinski definition) is 5. The van der Waals surface area contributed by atoms with Gasteiger partial charge in [-0.25, -0.2) is 10.1 Å². The Hall–Kier alpha value is -2.73. The number of benzene rings is 2. The quantitative estimate of drug-likeness (QED) is 0.614. The second-order valence-electron chi connectivity index (χ2n) is 5.80. The van der Waals surface area contributed by atoms with Crippen LogP contribution in [0, 0.1) is 6.92 Å². The molecule has 1 heterocycles. The van der Waals surface area contributed by atoms with E-state index in [-0.39, 0.29) is 0 Å². The van der Waals surface area contributed by atoms with Gasteiger partial charge >= 0.3 is 0 Å². The first-order chi connectivity index (χ1) is 12.7. The summed E-state index contributed by atoms with van der Waals surface area (Å²) in [5.74, 6) is 1.78. The summed E-state index contributed by atoms with van der Waals surface area (Å²) in [5.41, 5.74) is 3.24. The average Bonchev–Trinajstić information content (AvgIpc) is 3.14. The summed E-state index contributed by atoms with van der Waals surface area (Å²) < 4.78 is 11.7. The fraction of sp³-hybridized carbons (Fsp3) is 0.263. The van der Waals surface area contributed by atoms with Crippen molar-refractivity contribution in [2.75, 3.05) is 11.9 Å². The molecule has 3 aromatic rings. The average molecular weight is 373 g/mol. The van der Waals surface area contributed by atoms with Gasteiger partial charge in [0.25, 0.3) is 0 Å². The molecule has 0 amide bonds. The van der Waals surface area contributed by atoms with Gasteiger partial charge in [0.1, 0.15) is 12.9 Å². The van der Waals surface area contributed by atoms with Crippen LogP contribution in [0.3, 0.4) is 0 Å². The molecule has 0 fully saturated rings. The minimum atomic E-state index is 0.426. The number of rotatable bonds is 8. The highest BCUT2D eigenvalue weighted by atomic mass is 35.5. The van der Waals surface area contributed by atoms with Crippen LogP contribution in [0.4, 0.5) is 5.95 Å². The van der Waals surface area contributed by atoms with Crippen molar-refractivity contribution in [1.29, 1.82) is 0 Å². The van der Waals surface area contributed by atoms with Crippen molar-refractivity contribution in [2.45, 2.75) is 27.0 Å². The molecule has 136 valence electrons. The van der Waals surface area contributed by atoms with Crippen LogP contribution in [0.15, 0.2) is 42.7 Å². The molecule has 6 nitrogen and oxygen atoms in total. The maximum Gasteiger partial charge on any atom is 0.218 e. The van der Waals surface area contributed by atoms with E-state index in [1.165, 1.54) is 11.9 Å². The van der Waals surface area contributed by atoms with E-state index in [0.29, 0.717) is 42.2 Å². The van der Waals surface area contributed by atoms with Crippen molar-refractivity contribution in [2.24, 2.45) is 0 Å². The Bertz CT molecular complexity index is 836. The van der Waals surface area contributed by atoms with Crippen molar-refractivity contribution < 1.29 is 9.47 Å². The number of aryl methyl sites for hydroxylation is 1. The monoisotopic (exact) mass is 372 g/mol. The molecule has 7 heteroatoms. The molecule has 0 atom stereocenters. The molecule has 3 rings (SSSR count). The van der Waals surface area contributed by atoms with Crippen LogP contribution >= 0.6 is 11.6 Å². The lowest BCUT2D eigenvalue weighted by atomic mass is 10.1. The van der Waals surface area contributed by atoms with E-state index in [0.717, 1.165) is 11.1 Å². The molecule has 0 bridgehead atoms. The summed E-state index contributed by atoms with van der Waals surface area (Å²) in [6.45, 7) is 5.47.